The molecule has 0 aliphatic carbocycles. The minimum Gasteiger partial charge on any atom is -0.0775 e. The fraction of sp³-hybridized carbons (Fsp3) is 1.00. The highest BCUT2D eigenvalue weighted by molar-refractivity contribution is 14.2. The Kier molecular flexibility index (Phi) is 4.30. The van der Waals surface area contributed by atoms with Crippen LogP contribution in [0, 0.1) is 0 Å². The van der Waals surface area contributed by atoms with Crippen LogP contribution in [0.5, 0.6) is 0 Å². The zero-order valence-corrected chi connectivity index (χ0v) is 8.99. The molecule has 42 valence electrons. The molecule has 0 fully saturated rings. The maximum absolute atomic E-state index is 2.46. The van der Waals surface area contributed by atoms with Gasteiger partial charge in [0.1, 0.15) is 7.85 Å². The monoisotopic (exact) mass is 322 g/mol. The van der Waals surface area contributed by atoms with Crippen LogP contribution < -0.4 is 0 Å². The summed E-state index contributed by atoms with van der Waals surface area (Å²) in [6.45, 7) is 2.22. The molecule has 0 spiro atoms. The van der Waals surface area contributed by atoms with Crippen molar-refractivity contribution in [2.45, 2.75) is 21.1 Å². The Bertz CT molecular complexity index is 48.1. The molecule has 0 aromatic carbocycles. The first-order chi connectivity index (χ1) is 3.06. The molecule has 0 saturated heterocycles. The van der Waals surface area contributed by atoms with Crippen LogP contribution in [0.2, 0.25) is 0 Å². The van der Waals surface area contributed by atoms with Crippen molar-refractivity contribution < 1.29 is 0 Å². The van der Waals surface area contributed by atoms with Crippen LogP contribution in [-0.2, 0) is 0 Å². The summed E-state index contributed by atoms with van der Waals surface area (Å²) in [5.41, 5.74) is 0. The molecule has 0 bridgehead atoms. The number of hydrogen-bond acceptors (Lipinski definition) is 0. The van der Waals surface area contributed by atoms with Crippen molar-refractivity contribution in [3.05, 3.63) is 0 Å². The Hall–Kier alpha value is 1.52. The SMILES string of the molecule is BC(I)(I)CCC. The minimum atomic E-state index is 0.490. The second kappa shape index (κ2) is 3.53. The summed E-state index contributed by atoms with van der Waals surface area (Å²) in [6, 6.07) is 0. The molecule has 0 aliphatic heterocycles. The molecule has 0 aromatic rings. The quantitative estimate of drug-likeness (QED) is 0.414. The van der Waals surface area contributed by atoms with Gasteiger partial charge in [-0.1, -0.05) is 58.5 Å². The maximum atomic E-state index is 2.46. The zero-order chi connectivity index (χ0) is 5.91. The lowest BCUT2D eigenvalue weighted by Crippen LogP contribution is -2.07. The van der Waals surface area contributed by atoms with Gasteiger partial charge in [0.05, 0.1) is 0 Å². The van der Waals surface area contributed by atoms with Crippen LogP contribution in [0.3, 0.4) is 0 Å². The van der Waals surface area contributed by atoms with E-state index in [1.165, 1.54) is 12.8 Å². The maximum Gasteiger partial charge on any atom is 0.135 e. The van der Waals surface area contributed by atoms with Gasteiger partial charge in [0.2, 0.25) is 0 Å². The highest BCUT2D eigenvalue weighted by Gasteiger charge is 2.11. The van der Waals surface area contributed by atoms with E-state index in [1.807, 2.05) is 0 Å². The van der Waals surface area contributed by atoms with Gasteiger partial charge in [-0.25, -0.2) is 0 Å². The molecule has 0 heterocycles. The molecule has 7 heavy (non-hydrogen) atoms. The van der Waals surface area contributed by atoms with Crippen molar-refractivity contribution in [3.8, 4) is 0 Å². The lowest BCUT2D eigenvalue weighted by atomic mass is 10.0. The Labute approximate surface area is 73.5 Å². The molecule has 0 saturated carbocycles. The Morgan fingerprint density at radius 2 is 2.00 bits per heavy atom. The van der Waals surface area contributed by atoms with Gasteiger partial charge in [-0.05, 0) is 6.42 Å². The second-order valence-corrected chi connectivity index (χ2v) is 8.65. The average Bonchev–Trinajstić information content (AvgIpc) is 1.30. The van der Waals surface area contributed by atoms with Crippen LogP contribution in [0.15, 0.2) is 0 Å². The third-order valence-corrected chi connectivity index (χ3v) is 1.77. The molecule has 0 atom stereocenters. The summed E-state index contributed by atoms with van der Waals surface area (Å²) in [7, 11) is 2.25. The molecule has 0 aromatic heterocycles. The normalized spacial score (nSPS) is 11.9. The lowest BCUT2D eigenvalue weighted by molar-refractivity contribution is 0.867. The van der Waals surface area contributed by atoms with Crippen molar-refractivity contribution in [1.29, 1.82) is 0 Å². The number of hydrogen-bond donors (Lipinski definition) is 0. The standard InChI is InChI=1S/C4H9BI2/c1-2-3-4(5,6)7/h2-3,5H2,1H3. The van der Waals surface area contributed by atoms with E-state index in [0.717, 1.165) is 0 Å². The largest absolute Gasteiger partial charge is 0.135 e. The van der Waals surface area contributed by atoms with E-state index in [4.69, 9.17) is 0 Å². The van der Waals surface area contributed by atoms with Crippen LogP contribution >= 0.6 is 45.2 Å². The summed E-state index contributed by atoms with van der Waals surface area (Å²) >= 11 is 4.93. The average molecular weight is 322 g/mol. The van der Waals surface area contributed by atoms with E-state index >= 15 is 0 Å². The van der Waals surface area contributed by atoms with Crippen LogP contribution in [-0.4, -0.2) is 9.17 Å². The summed E-state index contributed by atoms with van der Waals surface area (Å²) in [5.74, 6) is 0. The van der Waals surface area contributed by atoms with Crippen LogP contribution in [0.25, 0.3) is 0 Å². The van der Waals surface area contributed by atoms with E-state index in [1.54, 1.807) is 0 Å². The summed E-state index contributed by atoms with van der Waals surface area (Å²) < 4.78 is 0.490. The molecule has 0 unspecified atom stereocenters. The van der Waals surface area contributed by atoms with E-state index in [-0.39, 0.29) is 0 Å². The molecule has 0 amide bonds. The van der Waals surface area contributed by atoms with Crippen molar-refractivity contribution in [3.63, 3.8) is 0 Å². The van der Waals surface area contributed by atoms with Gasteiger partial charge in [-0.2, -0.15) is 0 Å². The molecule has 0 radical (unpaired) electrons. The van der Waals surface area contributed by atoms with Gasteiger partial charge in [0, 0.05) is 1.33 Å². The highest BCUT2D eigenvalue weighted by atomic mass is 127. The van der Waals surface area contributed by atoms with E-state index in [0.29, 0.717) is 1.33 Å². The van der Waals surface area contributed by atoms with Crippen molar-refractivity contribution in [2.24, 2.45) is 0 Å². The van der Waals surface area contributed by atoms with Gasteiger partial charge in [-0.15, -0.1) is 0 Å². The Morgan fingerprint density at radius 1 is 1.57 bits per heavy atom. The molecule has 0 N–H and O–H groups in total. The first kappa shape index (κ1) is 8.52. The minimum absolute atomic E-state index is 0.490. The zero-order valence-electron chi connectivity index (χ0n) is 4.67. The Morgan fingerprint density at radius 3 is 2.00 bits per heavy atom. The highest BCUT2D eigenvalue weighted by Crippen LogP contribution is 2.27. The predicted octanol–water partition coefficient (Wildman–Crippen LogP) is 1.94. The molecule has 0 aliphatic rings. The van der Waals surface area contributed by atoms with Gasteiger partial charge in [0.25, 0.3) is 0 Å². The van der Waals surface area contributed by atoms with E-state index in [9.17, 15) is 0 Å². The summed E-state index contributed by atoms with van der Waals surface area (Å²) in [5, 5.41) is 0. The second-order valence-electron chi connectivity index (χ2n) is 1.82. The Balaban J connectivity index is 3.15. The molecule has 0 rings (SSSR count). The number of rotatable bonds is 2. The first-order valence-electron chi connectivity index (χ1n) is 2.44. The summed E-state index contributed by atoms with van der Waals surface area (Å²) in [6.07, 6.45) is 2.61. The molecule has 0 nitrogen and oxygen atoms in total. The topological polar surface area (TPSA) is 0 Å². The first-order valence-corrected chi connectivity index (χ1v) is 4.60. The predicted molar refractivity (Wildman–Crippen MR) is 54.2 cm³/mol. The summed E-state index contributed by atoms with van der Waals surface area (Å²) in [4.78, 5) is 0. The van der Waals surface area contributed by atoms with Crippen molar-refractivity contribution in [1.82, 2.24) is 0 Å². The fourth-order valence-corrected chi connectivity index (χ4v) is 1.52. The van der Waals surface area contributed by atoms with Crippen molar-refractivity contribution in [2.75, 3.05) is 0 Å². The van der Waals surface area contributed by atoms with Crippen molar-refractivity contribution >= 4 is 53.0 Å². The van der Waals surface area contributed by atoms with E-state index in [2.05, 4.69) is 60.0 Å². The van der Waals surface area contributed by atoms with Gasteiger partial charge < -0.3 is 0 Å². The third-order valence-electron chi connectivity index (χ3n) is 0.689. The molecular weight excluding hydrogens is 313 g/mol. The van der Waals surface area contributed by atoms with Gasteiger partial charge in [0.15, 0.2) is 0 Å². The lowest BCUT2D eigenvalue weighted by Gasteiger charge is -2.10. The van der Waals surface area contributed by atoms with Crippen LogP contribution in [0.4, 0.5) is 0 Å². The number of halogens is 2. The molecular formula is C4H9BI2. The number of alkyl halides is 2. The van der Waals surface area contributed by atoms with E-state index < -0.39 is 0 Å². The van der Waals surface area contributed by atoms with Crippen LogP contribution in [0.1, 0.15) is 19.8 Å². The molecule has 3 heteroatoms. The fourth-order valence-electron chi connectivity index (χ4n) is 0.439. The van der Waals surface area contributed by atoms with Gasteiger partial charge >= 0.3 is 0 Å². The smallest absolute Gasteiger partial charge is 0.0775 e. The third kappa shape index (κ3) is 7.52. The van der Waals surface area contributed by atoms with Gasteiger partial charge in [-0.3, -0.25) is 0 Å².